The van der Waals surface area contributed by atoms with E-state index in [4.69, 9.17) is 18.0 Å². The average Bonchev–Trinajstić information content (AvgIpc) is 2.70. The standard InChI is InChI=1S/C11H16N2OS2/c12-10(15)6-7-13-11(14)5-1-3-9-4-2-8-16-9/h2,4,8H,1,3,5-7H2,(H2,12,15)(H,13,14). The van der Waals surface area contributed by atoms with E-state index in [1.165, 1.54) is 4.88 Å². The zero-order valence-electron chi connectivity index (χ0n) is 9.07. The van der Waals surface area contributed by atoms with Crippen molar-refractivity contribution in [2.24, 2.45) is 5.73 Å². The summed E-state index contributed by atoms with van der Waals surface area (Å²) in [5, 5.41) is 4.84. The van der Waals surface area contributed by atoms with E-state index in [0.29, 0.717) is 24.4 Å². The summed E-state index contributed by atoms with van der Waals surface area (Å²) in [5.41, 5.74) is 5.32. The van der Waals surface area contributed by atoms with E-state index in [2.05, 4.69) is 16.8 Å². The number of hydrogen-bond donors (Lipinski definition) is 2. The molecule has 0 aromatic carbocycles. The first-order valence-electron chi connectivity index (χ1n) is 5.26. The Bertz CT molecular complexity index is 336. The molecule has 0 saturated heterocycles. The fourth-order valence-corrected chi connectivity index (χ4v) is 2.14. The van der Waals surface area contributed by atoms with Gasteiger partial charge in [-0.1, -0.05) is 18.3 Å². The Labute approximate surface area is 105 Å². The number of hydrogen-bond acceptors (Lipinski definition) is 3. The van der Waals surface area contributed by atoms with Gasteiger partial charge in [0, 0.05) is 24.3 Å². The maximum atomic E-state index is 11.4. The quantitative estimate of drug-likeness (QED) is 0.732. The molecule has 0 radical (unpaired) electrons. The van der Waals surface area contributed by atoms with Gasteiger partial charge < -0.3 is 11.1 Å². The van der Waals surface area contributed by atoms with Crippen molar-refractivity contribution in [2.45, 2.75) is 25.7 Å². The predicted molar refractivity (Wildman–Crippen MR) is 71.7 cm³/mol. The number of carbonyl (C=O) groups is 1. The summed E-state index contributed by atoms with van der Waals surface area (Å²) in [6.45, 7) is 0.549. The number of rotatable bonds is 7. The second-order valence-corrected chi connectivity index (χ2v) is 5.06. The van der Waals surface area contributed by atoms with Crippen LogP contribution in [0.25, 0.3) is 0 Å². The lowest BCUT2D eigenvalue weighted by atomic mass is 10.2. The summed E-state index contributed by atoms with van der Waals surface area (Å²) < 4.78 is 0. The molecule has 0 atom stereocenters. The van der Waals surface area contributed by atoms with E-state index in [1.807, 2.05) is 6.07 Å². The number of aryl methyl sites for hydroxylation is 1. The molecule has 0 bridgehead atoms. The molecule has 0 spiro atoms. The Hall–Kier alpha value is -0.940. The summed E-state index contributed by atoms with van der Waals surface area (Å²) in [7, 11) is 0. The van der Waals surface area contributed by atoms with Gasteiger partial charge in [0.25, 0.3) is 0 Å². The zero-order valence-corrected chi connectivity index (χ0v) is 10.7. The second kappa shape index (κ2) is 7.35. The normalized spacial score (nSPS) is 10.0. The predicted octanol–water partition coefficient (Wildman–Crippen LogP) is 1.86. The van der Waals surface area contributed by atoms with Crippen LogP contribution in [0.3, 0.4) is 0 Å². The summed E-state index contributed by atoms with van der Waals surface area (Å²) in [6, 6.07) is 4.12. The molecule has 0 aliphatic carbocycles. The molecule has 0 saturated carbocycles. The van der Waals surface area contributed by atoms with Crippen molar-refractivity contribution in [3.63, 3.8) is 0 Å². The highest BCUT2D eigenvalue weighted by molar-refractivity contribution is 7.80. The van der Waals surface area contributed by atoms with Gasteiger partial charge in [0.15, 0.2) is 0 Å². The molecular weight excluding hydrogens is 240 g/mol. The van der Waals surface area contributed by atoms with Gasteiger partial charge in [0.1, 0.15) is 0 Å². The summed E-state index contributed by atoms with van der Waals surface area (Å²) in [6.07, 6.45) is 3.00. The molecule has 0 aliphatic rings. The van der Waals surface area contributed by atoms with Crippen LogP contribution in [0.1, 0.15) is 24.1 Å². The minimum atomic E-state index is 0.0767. The van der Waals surface area contributed by atoms with Gasteiger partial charge in [-0.05, 0) is 24.3 Å². The number of nitrogens with two attached hydrogens (primary N) is 1. The largest absolute Gasteiger partial charge is 0.393 e. The molecule has 16 heavy (non-hydrogen) atoms. The lowest BCUT2D eigenvalue weighted by Gasteiger charge is -2.03. The van der Waals surface area contributed by atoms with Crippen LogP contribution in [-0.4, -0.2) is 17.4 Å². The molecule has 0 aliphatic heterocycles. The van der Waals surface area contributed by atoms with Gasteiger partial charge >= 0.3 is 0 Å². The minimum Gasteiger partial charge on any atom is -0.393 e. The van der Waals surface area contributed by atoms with Crippen molar-refractivity contribution < 1.29 is 4.79 Å². The van der Waals surface area contributed by atoms with Crippen LogP contribution in [0.4, 0.5) is 0 Å². The Morgan fingerprint density at radius 1 is 1.50 bits per heavy atom. The van der Waals surface area contributed by atoms with Gasteiger partial charge in [0.05, 0.1) is 4.99 Å². The SMILES string of the molecule is NC(=S)CCNC(=O)CCCc1cccs1. The molecule has 1 rings (SSSR count). The van der Waals surface area contributed by atoms with Crippen molar-refractivity contribution >= 4 is 34.5 Å². The van der Waals surface area contributed by atoms with E-state index in [-0.39, 0.29) is 5.91 Å². The molecule has 88 valence electrons. The highest BCUT2D eigenvalue weighted by Crippen LogP contribution is 2.11. The number of thiophene rings is 1. The van der Waals surface area contributed by atoms with Crippen molar-refractivity contribution in [2.75, 3.05) is 6.54 Å². The molecule has 5 heteroatoms. The molecule has 0 unspecified atom stereocenters. The molecule has 1 aromatic rings. The molecular formula is C11H16N2OS2. The van der Waals surface area contributed by atoms with Crippen LogP contribution >= 0.6 is 23.6 Å². The Morgan fingerprint density at radius 2 is 2.31 bits per heavy atom. The van der Waals surface area contributed by atoms with Gasteiger partial charge in [-0.15, -0.1) is 11.3 Å². The Balaban J connectivity index is 2.04. The fraction of sp³-hybridized carbons (Fsp3) is 0.455. The third kappa shape index (κ3) is 5.82. The van der Waals surface area contributed by atoms with Gasteiger partial charge in [-0.3, -0.25) is 4.79 Å². The fourth-order valence-electron chi connectivity index (χ4n) is 1.29. The Kier molecular flexibility index (Phi) is 6.03. The third-order valence-electron chi connectivity index (χ3n) is 2.10. The first kappa shape index (κ1) is 13.1. The first-order valence-corrected chi connectivity index (χ1v) is 6.54. The monoisotopic (exact) mass is 256 g/mol. The van der Waals surface area contributed by atoms with E-state index < -0.39 is 0 Å². The van der Waals surface area contributed by atoms with Crippen molar-refractivity contribution in [3.05, 3.63) is 22.4 Å². The van der Waals surface area contributed by atoms with Crippen molar-refractivity contribution in [3.8, 4) is 0 Å². The number of amides is 1. The number of thiocarbonyl (C=S) groups is 1. The summed E-state index contributed by atoms with van der Waals surface area (Å²) >= 11 is 6.45. The smallest absolute Gasteiger partial charge is 0.220 e. The maximum Gasteiger partial charge on any atom is 0.220 e. The maximum absolute atomic E-state index is 11.4. The highest BCUT2D eigenvalue weighted by atomic mass is 32.1. The molecule has 0 fully saturated rings. The van der Waals surface area contributed by atoms with Crippen LogP contribution in [0, 0.1) is 0 Å². The topological polar surface area (TPSA) is 55.1 Å². The molecule has 1 amide bonds. The summed E-state index contributed by atoms with van der Waals surface area (Å²) in [5.74, 6) is 0.0767. The van der Waals surface area contributed by atoms with Crippen LogP contribution in [0.2, 0.25) is 0 Å². The third-order valence-corrected chi connectivity index (χ3v) is 3.24. The van der Waals surface area contributed by atoms with Crippen LogP contribution in [0.5, 0.6) is 0 Å². The lowest BCUT2D eigenvalue weighted by molar-refractivity contribution is -0.121. The van der Waals surface area contributed by atoms with Gasteiger partial charge in [-0.2, -0.15) is 0 Å². The molecule has 3 nitrogen and oxygen atoms in total. The van der Waals surface area contributed by atoms with E-state index in [0.717, 1.165) is 12.8 Å². The molecule has 3 N–H and O–H groups in total. The molecule has 1 heterocycles. The van der Waals surface area contributed by atoms with E-state index >= 15 is 0 Å². The first-order chi connectivity index (χ1) is 7.68. The lowest BCUT2D eigenvalue weighted by Crippen LogP contribution is -2.27. The number of nitrogens with one attached hydrogen (secondary N) is 1. The second-order valence-electron chi connectivity index (χ2n) is 3.50. The average molecular weight is 256 g/mol. The zero-order chi connectivity index (χ0) is 11.8. The van der Waals surface area contributed by atoms with Gasteiger partial charge in [0.2, 0.25) is 5.91 Å². The molecule has 1 aromatic heterocycles. The van der Waals surface area contributed by atoms with Gasteiger partial charge in [-0.25, -0.2) is 0 Å². The Morgan fingerprint density at radius 3 is 2.94 bits per heavy atom. The van der Waals surface area contributed by atoms with E-state index in [1.54, 1.807) is 11.3 Å². The van der Waals surface area contributed by atoms with Crippen LogP contribution in [-0.2, 0) is 11.2 Å². The number of carbonyl (C=O) groups excluding carboxylic acids is 1. The van der Waals surface area contributed by atoms with Crippen molar-refractivity contribution in [1.82, 2.24) is 5.32 Å². The highest BCUT2D eigenvalue weighted by Gasteiger charge is 2.01. The van der Waals surface area contributed by atoms with Crippen LogP contribution < -0.4 is 11.1 Å². The van der Waals surface area contributed by atoms with E-state index in [9.17, 15) is 4.79 Å². The summed E-state index contributed by atoms with van der Waals surface area (Å²) in [4.78, 5) is 13.1. The minimum absolute atomic E-state index is 0.0767. The van der Waals surface area contributed by atoms with Crippen LogP contribution in [0.15, 0.2) is 17.5 Å². The van der Waals surface area contributed by atoms with Crippen molar-refractivity contribution in [1.29, 1.82) is 0 Å².